The zero-order valence-corrected chi connectivity index (χ0v) is 10.8. The second-order valence-electron chi connectivity index (χ2n) is 4.03. The summed E-state index contributed by atoms with van der Waals surface area (Å²) in [6, 6.07) is 9.52. The molecule has 0 spiro atoms. The topological polar surface area (TPSA) is 49.8 Å². The largest absolute Gasteiger partial charge is 0.445 e. The smallest absolute Gasteiger partial charge is 0.410 e. The van der Waals surface area contributed by atoms with E-state index >= 15 is 0 Å². The second kappa shape index (κ2) is 5.51. The van der Waals surface area contributed by atoms with E-state index in [0.717, 1.165) is 5.56 Å². The molecule has 2 atom stereocenters. The predicted octanol–water partition coefficient (Wildman–Crippen LogP) is 1.76. The molecule has 1 saturated heterocycles. The minimum Gasteiger partial charge on any atom is -0.445 e. The van der Waals surface area contributed by atoms with Crippen LogP contribution in [-0.2, 0) is 11.3 Å². The minimum atomic E-state index is -0.515. The van der Waals surface area contributed by atoms with Crippen LogP contribution < -0.4 is 0 Å². The molecule has 17 heavy (non-hydrogen) atoms. The van der Waals surface area contributed by atoms with Gasteiger partial charge >= 0.3 is 6.09 Å². The first kappa shape index (κ1) is 12.4. The van der Waals surface area contributed by atoms with Crippen molar-refractivity contribution < 1.29 is 14.6 Å². The standard InChI is InChI=1S/C12H14BrNO3/c13-10-6-14(7-11(10)15)12(16)17-8-9-4-2-1-3-5-9/h1-5,10-11,15H,6-8H2/t10-,11-/m1/s1. The Kier molecular flexibility index (Phi) is 4.02. The highest BCUT2D eigenvalue weighted by molar-refractivity contribution is 9.09. The number of halogens is 1. The predicted molar refractivity (Wildman–Crippen MR) is 66.9 cm³/mol. The fourth-order valence-electron chi connectivity index (χ4n) is 1.71. The molecule has 1 aliphatic rings. The van der Waals surface area contributed by atoms with Gasteiger partial charge in [-0.2, -0.15) is 0 Å². The Bertz CT molecular complexity index is 375. The lowest BCUT2D eigenvalue weighted by molar-refractivity contribution is 0.0972. The molecule has 0 aromatic heterocycles. The number of rotatable bonds is 2. The SMILES string of the molecule is O=C(OCc1ccccc1)N1C[C@@H](O)[C@H](Br)C1. The Morgan fingerprint density at radius 3 is 2.71 bits per heavy atom. The van der Waals surface area contributed by atoms with Crippen LogP contribution in [0.2, 0.25) is 0 Å². The molecular weight excluding hydrogens is 286 g/mol. The number of hydrogen-bond acceptors (Lipinski definition) is 3. The van der Waals surface area contributed by atoms with Crippen LogP contribution in [0.3, 0.4) is 0 Å². The molecule has 0 saturated carbocycles. The van der Waals surface area contributed by atoms with Crippen molar-refractivity contribution in [1.82, 2.24) is 4.90 Å². The number of carbonyl (C=O) groups is 1. The molecule has 1 aromatic rings. The third kappa shape index (κ3) is 3.20. The fraction of sp³-hybridized carbons (Fsp3) is 0.417. The summed E-state index contributed by atoms with van der Waals surface area (Å²) in [6.07, 6.45) is -0.894. The molecule has 1 fully saturated rings. The third-order valence-corrected chi connectivity index (χ3v) is 3.58. The van der Waals surface area contributed by atoms with Crippen molar-refractivity contribution in [1.29, 1.82) is 0 Å². The molecule has 0 bridgehead atoms. The van der Waals surface area contributed by atoms with Crippen LogP contribution >= 0.6 is 15.9 Å². The molecule has 0 aliphatic carbocycles. The van der Waals surface area contributed by atoms with Crippen molar-refractivity contribution in [2.75, 3.05) is 13.1 Å². The summed E-state index contributed by atoms with van der Waals surface area (Å²) >= 11 is 3.31. The second-order valence-corrected chi connectivity index (χ2v) is 5.20. The zero-order valence-electron chi connectivity index (χ0n) is 9.25. The third-order valence-electron chi connectivity index (χ3n) is 2.68. The summed E-state index contributed by atoms with van der Waals surface area (Å²) in [6.45, 7) is 1.07. The lowest BCUT2D eigenvalue weighted by atomic mass is 10.2. The number of aliphatic hydroxyl groups excluding tert-OH is 1. The summed E-state index contributed by atoms with van der Waals surface area (Å²) in [5.74, 6) is 0. The van der Waals surface area contributed by atoms with Crippen molar-refractivity contribution >= 4 is 22.0 Å². The number of amides is 1. The van der Waals surface area contributed by atoms with E-state index in [1.807, 2.05) is 30.3 Å². The van der Waals surface area contributed by atoms with Gasteiger partial charge in [-0.1, -0.05) is 46.3 Å². The van der Waals surface area contributed by atoms with Gasteiger partial charge in [-0.25, -0.2) is 4.79 Å². The normalized spacial score (nSPS) is 23.8. The van der Waals surface area contributed by atoms with E-state index in [-0.39, 0.29) is 17.5 Å². The van der Waals surface area contributed by atoms with Crippen LogP contribution in [0.15, 0.2) is 30.3 Å². The Hall–Kier alpha value is -1.07. The van der Waals surface area contributed by atoms with Crippen molar-refractivity contribution in [3.63, 3.8) is 0 Å². The van der Waals surface area contributed by atoms with Gasteiger partial charge in [-0.3, -0.25) is 0 Å². The number of ether oxygens (including phenoxy) is 1. The molecule has 0 unspecified atom stereocenters. The van der Waals surface area contributed by atoms with Gasteiger partial charge in [-0.05, 0) is 5.56 Å². The summed E-state index contributed by atoms with van der Waals surface area (Å²) in [5.41, 5.74) is 0.955. The first-order valence-corrected chi connectivity index (χ1v) is 6.36. The van der Waals surface area contributed by atoms with Gasteiger partial charge in [0.15, 0.2) is 0 Å². The van der Waals surface area contributed by atoms with Gasteiger partial charge < -0.3 is 14.7 Å². The molecule has 1 aliphatic heterocycles. The molecule has 1 aromatic carbocycles. The van der Waals surface area contributed by atoms with Crippen LogP contribution in [-0.4, -0.2) is 40.1 Å². The van der Waals surface area contributed by atoms with Gasteiger partial charge in [0.25, 0.3) is 0 Å². The number of hydrogen-bond donors (Lipinski definition) is 1. The van der Waals surface area contributed by atoms with Gasteiger partial charge in [-0.15, -0.1) is 0 Å². The van der Waals surface area contributed by atoms with Crippen molar-refractivity contribution in [2.45, 2.75) is 17.5 Å². The highest BCUT2D eigenvalue weighted by Crippen LogP contribution is 2.18. The fourth-order valence-corrected chi connectivity index (χ4v) is 2.22. The van der Waals surface area contributed by atoms with Crippen LogP contribution in [0, 0.1) is 0 Å². The molecule has 4 nitrogen and oxygen atoms in total. The average Bonchev–Trinajstić information content (AvgIpc) is 2.68. The summed E-state index contributed by atoms with van der Waals surface area (Å²) in [5, 5.41) is 9.51. The maximum absolute atomic E-state index is 11.7. The first-order valence-electron chi connectivity index (χ1n) is 5.44. The number of likely N-dealkylation sites (tertiary alicyclic amines) is 1. The maximum Gasteiger partial charge on any atom is 0.410 e. The average molecular weight is 300 g/mol. The number of carbonyl (C=O) groups excluding carboxylic acids is 1. The maximum atomic E-state index is 11.7. The van der Waals surface area contributed by atoms with Crippen molar-refractivity contribution in [3.05, 3.63) is 35.9 Å². The highest BCUT2D eigenvalue weighted by Gasteiger charge is 2.32. The number of nitrogens with zero attached hydrogens (tertiary/aromatic N) is 1. The van der Waals surface area contributed by atoms with Gasteiger partial charge in [0.05, 0.1) is 17.5 Å². The van der Waals surface area contributed by atoms with Gasteiger partial charge in [0.2, 0.25) is 0 Å². The van der Waals surface area contributed by atoms with E-state index in [0.29, 0.717) is 13.1 Å². The van der Waals surface area contributed by atoms with Crippen LogP contribution in [0.4, 0.5) is 4.79 Å². The number of benzene rings is 1. The van der Waals surface area contributed by atoms with Crippen LogP contribution in [0.1, 0.15) is 5.56 Å². The monoisotopic (exact) mass is 299 g/mol. The lowest BCUT2D eigenvalue weighted by Crippen LogP contribution is -2.30. The number of aliphatic hydroxyl groups is 1. The Morgan fingerprint density at radius 2 is 2.12 bits per heavy atom. The minimum absolute atomic E-state index is 0.0632. The van der Waals surface area contributed by atoms with E-state index < -0.39 is 6.10 Å². The molecular formula is C12H14BrNO3. The molecule has 2 rings (SSSR count). The lowest BCUT2D eigenvalue weighted by Gasteiger charge is -2.15. The quantitative estimate of drug-likeness (QED) is 0.847. The Labute approximate surface area is 108 Å². The van der Waals surface area contributed by atoms with Crippen molar-refractivity contribution in [2.24, 2.45) is 0 Å². The van der Waals surface area contributed by atoms with Crippen LogP contribution in [0.25, 0.3) is 0 Å². The summed E-state index contributed by atoms with van der Waals surface area (Å²) in [7, 11) is 0. The summed E-state index contributed by atoms with van der Waals surface area (Å²) in [4.78, 5) is 13.1. The number of alkyl halides is 1. The molecule has 92 valence electrons. The Morgan fingerprint density at radius 1 is 1.41 bits per heavy atom. The van der Waals surface area contributed by atoms with Gasteiger partial charge in [0, 0.05) is 6.54 Å². The van der Waals surface area contributed by atoms with Crippen molar-refractivity contribution in [3.8, 4) is 0 Å². The molecule has 1 heterocycles. The van der Waals surface area contributed by atoms with Gasteiger partial charge in [0.1, 0.15) is 6.61 Å². The van der Waals surface area contributed by atoms with E-state index in [4.69, 9.17) is 4.74 Å². The molecule has 5 heteroatoms. The van der Waals surface area contributed by atoms with E-state index in [1.165, 1.54) is 4.90 Å². The Balaban J connectivity index is 1.82. The molecule has 1 amide bonds. The van der Waals surface area contributed by atoms with E-state index in [1.54, 1.807) is 0 Å². The van der Waals surface area contributed by atoms with E-state index in [9.17, 15) is 9.90 Å². The summed E-state index contributed by atoms with van der Waals surface area (Å²) < 4.78 is 5.16. The molecule has 1 N–H and O–H groups in total. The molecule has 0 radical (unpaired) electrons. The number of β-amino-alcohol motifs (C(OH)–C–C–N with tert-alkyl or cyclic N) is 1. The zero-order chi connectivity index (χ0) is 12.3. The van der Waals surface area contributed by atoms with Crippen LogP contribution in [0.5, 0.6) is 0 Å². The first-order chi connectivity index (χ1) is 8.16. The highest BCUT2D eigenvalue weighted by atomic mass is 79.9. The van der Waals surface area contributed by atoms with E-state index in [2.05, 4.69) is 15.9 Å².